The van der Waals surface area contributed by atoms with Crippen molar-refractivity contribution in [1.82, 2.24) is 30.7 Å². The van der Waals surface area contributed by atoms with Crippen LogP contribution in [0.3, 0.4) is 0 Å². The van der Waals surface area contributed by atoms with Gasteiger partial charge >= 0.3 is 0 Å². The molecule has 1 aromatic carbocycles. The van der Waals surface area contributed by atoms with Crippen molar-refractivity contribution in [2.75, 3.05) is 18.2 Å². The van der Waals surface area contributed by atoms with Crippen molar-refractivity contribution >= 4 is 17.6 Å². The second kappa shape index (κ2) is 8.99. The summed E-state index contributed by atoms with van der Waals surface area (Å²) in [5.74, 6) is 1.28. The number of thioether (sulfide) groups is 1. The van der Waals surface area contributed by atoms with Crippen LogP contribution in [0.15, 0.2) is 41.7 Å². The van der Waals surface area contributed by atoms with Crippen molar-refractivity contribution < 1.29 is 5.11 Å². The number of nitrogens with one attached hydrogen (secondary N) is 1. The van der Waals surface area contributed by atoms with Gasteiger partial charge in [-0.3, -0.25) is 0 Å². The molecule has 0 radical (unpaired) electrons. The number of nitrogens with zero attached hydrogens (tertiary/aromatic N) is 6. The van der Waals surface area contributed by atoms with Crippen molar-refractivity contribution in [2.45, 2.75) is 55.3 Å². The lowest BCUT2D eigenvalue weighted by Gasteiger charge is -2.43. The Balaban J connectivity index is 1.33. The zero-order valence-corrected chi connectivity index (χ0v) is 19.1. The summed E-state index contributed by atoms with van der Waals surface area (Å²) in [7, 11) is 2.08. The summed E-state index contributed by atoms with van der Waals surface area (Å²) < 4.78 is 0. The van der Waals surface area contributed by atoms with Crippen molar-refractivity contribution in [3.05, 3.63) is 36.7 Å². The lowest BCUT2D eigenvalue weighted by molar-refractivity contribution is 0.219. The Labute approximate surface area is 191 Å². The summed E-state index contributed by atoms with van der Waals surface area (Å²) in [4.78, 5) is 6.72. The van der Waals surface area contributed by atoms with Crippen LogP contribution in [0.2, 0.25) is 0 Å². The van der Waals surface area contributed by atoms with Crippen LogP contribution in [0.4, 0.5) is 5.82 Å². The number of hydrogen-bond donors (Lipinski definition) is 2. The molecule has 2 bridgehead atoms. The molecular formula is C23H27N7OS. The number of phenolic OH excluding ortho intramolecular Hbond substituents is 1. The zero-order chi connectivity index (χ0) is 22.1. The molecule has 3 aromatic rings. The summed E-state index contributed by atoms with van der Waals surface area (Å²) in [5, 5.41) is 32.0. The Kier molecular flexibility index (Phi) is 5.93. The van der Waals surface area contributed by atoms with Crippen LogP contribution in [0, 0.1) is 0 Å². The summed E-state index contributed by atoms with van der Waals surface area (Å²) in [6, 6.07) is 9.05. The molecule has 2 aliphatic heterocycles. The first-order valence-corrected chi connectivity index (χ1v) is 12.2. The standard InChI is InChI=1S/C23H27N7OS/c1-30(18-10-16-4-3-5-17(11-18)26-16)21-13-24-23(29-27-21)19-7-6-14(8-20(19)31)15-9-22(32-2)28-25-12-15/h6-9,12-13,16-18,26,31H,3-5,10-11H2,1-2H3/t16-,17+,18?. The second-order valence-corrected chi connectivity index (χ2v) is 9.41. The largest absolute Gasteiger partial charge is 0.507 e. The van der Waals surface area contributed by atoms with Crippen LogP contribution in [-0.2, 0) is 0 Å². The molecule has 0 amide bonds. The van der Waals surface area contributed by atoms with Gasteiger partial charge in [-0.05, 0) is 55.7 Å². The number of benzene rings is 1. The van der Waals surface area contributed by atoms with Crippen molar-refractivity contribution in [2.24, 2.45) is 0 Å². The average Bonchev–Trinajstić information content (AvgIpc) is 2.83. The van der Waals surface area contributed by atoms with E-state index in [1.165, 1.54) is 31.0 Å². The van der Waals surface area contributed by atoms with E-state index < -0.39 is 0 Å². The topological polar surface area (TPSA) is 100.0 Å². The van der Waals surface area contributed by atoms with Gasteiger partial charge in [-0.25, -0.2) is 4.98 Å². The van der Waals surface area contributed by atoms with E-state index in [0.29, 0.717) is 29.5 Å². The minimum atomic E-state index is 0.110. The average molecular weight is 450 g/mol. The van der Waals surface area contributed by atoms with Crippen molar-refractivity contribution in [1.29, 1.82) is 0 Å². The van der Waals surface area contributed by atoms with Gasteiger partial charge in [0.05, 0.1) is 18.0 Å². The van der Waals surface area contributed by atoms with Crippen LogP contribution in [0.1, 0.15) is 32.1 Å². The third kappa shape index (κ3) is 4.27. The van der Waals surface area contributed by atoms with E-state index in [2.05, 4.69) is 42.6 Å². The third-order valence-corrected chi connectivity index (χ3v) is 7.18. The van der Waals surface area contributed by atoms with Gasteiger partial charge < -0.3 is 15.3 Å². The molecule has 32 heavy (non-hydrogen) atoms. The number of piperidine rings is 2. The minimum absolute atomic E-state index is 0.110. The molecule has 2 aliphatic rings. The van der Waals surface area contributed by atoms with Gasteiger partial charge in [-0.2, -0.15) is 5.10 Å². The van der Waals surface area contributed by atoms with Gasteiger partial charge in [-0.15, -0.1) is 27.1 Å². The van der Waals surface area contributed by atoms with Crippen LogP contribution in [0.25, 0.3) is 22.5 Å². The molecular weight excluding hydrogens is 422 g/mol. The predicted molar refractivity (Wildman–Crippen MR) is 126 cm³/mol. The van der Waals surface area contributed by atoms with E-state index in [0.717, 1.165) is 34.8 Å². The highest BCUT2D eigenvalue weighted by atomic mass is 32.2. The van der Waals surface area contributed by atoms with Gasteiger partial charge in [0.1, 0.15) is 10.8 Å². The van der Waals surface area contributed by atoms with Crippen LogP contribution >= 0.6 is 11.8 Å². The Morgan fingerprint density at radius 1 is 1.03 bits per heavy atom. The Morgan fingerprint density at radius 3 is 2.53 bits per heavy atom. The SMILES string of the molecule is CSc1cc(-c2ccc(-c3ncc(N(C)C4C[C@H]5CCC[C@@H](C4)N5)nn3)c(O)c2)cnn1. The molecule has 1 unspecified atom stereocenters. The maximum absolute atomic E-state index is 10.6. The number of aromatic nitrogens is 5. The lowest BCUT2D eigenvalue weighted by atomic mass is 9.83. The number of rotatable bonds is 5. The molecule has 2 saturated heterocycles. The summed E-state index contributed by atoms with van der Waals surface area (Å²) in [5.41, 5.74) is 2.31. The molecule has 0 spiro atoms. The molecule has 9 heteroatoms. The molecule has 166 valence electrons. The van der Waals surface area contributed by atoms with Crippen molar-refractivity contribution in [3.8, 4) is 28.3 Å². The van der Waals surface area contributed by atoms with Crippen molar-refractivity contribution in [3.63, 3.8) is 0 Å². The lowest BCUT2D eigenvalue weighted by Crippen LogP contribution is -2.54. The number of aromatic hydroxyl groups is 1. The molecule has 2 N–H and O–H groups in total. The third-order valence-electron chi connectivity index (χ3n) is 6.56. The molecule has 0 aliphatic carbocycles. The van der Waals surface area contributed by atoms with Gasteiger partial charge in [0.25, 0.3) is 0 Å². The minimum Gasteiger partial charge on any atom is -0.507 e. The Hall–Kier alpha value is -2.78. The predicted octanol–water partition coefficient (Wildman–Crippen LogP) is 3.53. The number of phenols is 1. The smallest absolute Gasteiger partial charge is 0.185 e. The Bertz CT molecular complexity index is 1080. The monoisotopic (exact) mass is 449 g/mol. The van der Waals surface area contributed by atoms with Gasteiger partial charge in [0.15, 0.2) is 11.6 Å². The van der Waals surface area contributed by atoms with E-state index in [-0.39, 0.29) is 5.75 Å². The highest BCUT2D eigenvalue weighted by molar-refractivity contribution is 7.98. The van der Waals surface area contributed by atoms with Crippen LogP contribution < -0.4 is 10.2 Å². The maximum Gasteiger partial charge on any atom is 0.185 e. The highest BCUT2D eigenvalue weighted by Gasteiger charge is 2.33. The number of anilines is 1. The molecule has 5 rings (SSSR count). The van der Waals surface area contributed by atoms with Gasteiger partial charge in [0.2, 0.25) is 0 Å². The first-order valence-electron chi connectivity index (χ1n) is 11.0. The van der Waals surface area contributed by atoms with E-state index in [4.69, 9.17) is 0 Å². The summed E-state index contributed by atoms with van der Waals surface area (Å²) >= 11 is 1.53. The maximum atomic E-state index is 10.6. The molecule has 3 atom stereocenters. The fourth-order valence-electron chi connectivity index (χ4n) is 4.80. The van der Waals surface area contributed by atoms with E-state index in [1.807, 2.05) is 24.5 Å². The number of hydrogen-bond acceptors (Lipinski definition) is 9. The van der Waals surface area contributed by atoms with Gasteiger partial charge in [-0.1, -0.05) is 12.5 Å². The molecule has 8 nitrogen and oxygen atoms in total. The molecule has 0 saturated carbocycles. The Morgan fingerprint density at radius 2 is 1.84 bits per heavy atom. The van der Waals surface area contributed by atoms with Crippen LogP contribution in [0.5, 0.6) is 5.75 Å². The first-order chi connectivity index (χ1) is 15.6. The quantitative estimate of drug-likeness (QED) is 0.567. The highest BCUT2D eigenvalue weighted by Crippen LogP contribution is 2.33. The zero-order valence-electron chi connectivity index (χ0n) is 18.3. The molecule has 2 fully saturated rings. The normalized spacial score (nSPS) is 22.5. The fraction of sp³-hybridized carbons (Fsp3) is 0.435. The van der Waals surface area contributed by atoms with E-state index in [9.17, 15) is 5.11 Å². The molecule has 4 heterocycles. The summed E-state index contributed by atoms with van der Waals surface area (Å²) in [6.45, 7) is 0. The molecule has 2 aromatic heterocycles. The second-order valence-electron chi connectivity index (χ2n) is 8.59. The van der Waals surface area contributed by atoms with Crippen LogP contribution in [-0.4, -0.2) is 61.9 Å². The fourth-order valence-corrected chi connectivity index (χ4v) is 5.17. The van der Waals surface area contributed by atoms with Gasteiger partial charge in [0, 0.05) is 30.7 Å². The summed E-state index contributed by atoms with van der Waals surface area (Å²) in [6.07, 6.45) is 11.5. The van der Waals surface area contributed by atoms with E-state index >= 15 is 0 Å². The number of fused-ring (bicyclic) bond motifs is 2. The van der Waals surface area contributed by atoms with E-state index in [1.54, 1.807) is 18.5 Å². The first kappa shape index (κ1) is 21.1.